The van der Waals surface area contributed by atoms with E-state index in [9.17, 15) is 18.0 Å². The number of fused-ring (bicyclic) bond motifs is 2. The monoisotopic (exact) mass is 390 g/mol. The van der Waals surface area contributed by atoms with Crippen LogP contribution in [0, 0.1) is 0 Å². The summed E-state index contributed by atoms with van der Waals surface area (Å²) >= 11 is 0. The van der Waals surface area contributed by atoms with Crippen LogP contribution < -0.4 is 16.0 Å². The molecule has 0 bridgehead atoms. The Labute approximate surface area is 153 Å². The summed E-state index contributed by atoms with van der Waals surface area (Å²) in [5.74, 6) is 0.968. The Balaban J connectivity index is 1.63. The number of hydrogen-bond donors (Lipinski definition) is 2. The molecular formula is C16H18N6O4S. The van der Waals surface area contributed by atoms with E-state index in [1.807, 2.05) is 10.8 Å². The van der Waals surface area contributed by atoms with E-state index >= 15 is 0 Å². The van der Waals surface area contributed by atoms with Gasteiger partial charge in [-0.05, 0) is 18.9 Å². The van der Waals surface area contributed by atoms with Gasteiger partial charge in [0.05, 0.1) is 17.6 Å². The lowest BCUT2D eigenvalue weighted by molar-refractivity contribution is 0.522. The molecule has 4 rings (SSSR count). The molecule has 10 nitrogen and oxygen atoms in total. The first-order valence-corrected chi connectivity index (χ1v) is 9.97. The van der Waals surface area contributed by atoms with Crippen LogP contribution in [0.15, 0.2) is 32.9 Å². The van der Waals surface area contributed by atoms with Crippen molar-refractivity contribution in [3.63, 3.8) is 0 Å². The topological polar surface area (TPSA) is 132 Å². The second-order valence-corrected chi connectivity index (χ2v) is 8.25. The summed E-state index contributed by atoms with van der Waals surface area (Å²) in [5, 5.41) is 0.0254. The van der Waals surface area contributed by atoms with Gasteiger partial charge in [0, 0.05) is 32.4 Å². The fourth-order valence-corrected chi connectivity index (χ4v) is 4.14. The van der Waals surface area contributed by atoms with Crippen molar-refractivity contribution in [2.45, 2.75) is 37.2 Å². The fourth-order valence-electron chi connectivity index (χ4n) is 3.17. The SMILES string of the molecule is Cn1c(=O)[nH]c(=O)c2cc(S(=O)(=O)NCc3cn4c(n3)CCCC4)cnc21. The number of nitrogens with zero attached hydrogens (tertiary/aromatic N) is 4. The largest absolute Gasteiger partial charge is 0.335 e. The molecule has 0 aromatic carbocycles. The van der Waals surface area contributed by atoms with Crippen molar-refractivity contribution in [2.75, 3.05) is 0 Å². The minimum Gasteiger partial charge on any atom is -0.335 e. The Morgan fingerprint density at radius 3 is 2.89 bits per heavy atom. The van der Waals surface area contributed by atoms with Gasteiger partial charge >= 0.3 is 5.69 Å². The lowest BCUT2D eigenvalue weighted by Gasteiger charge is -2.11. The normalized spacial score (nSPS) is 14.4. The smallest absolute Gasteiger partial charge is 0.329 e. The van der Waals surface area contributed by atoms with Gasteiger partial charge < -0.3 is 4.57 Å². The zero-order valence-corrected chi connectivity index (χ0v) is 15.4. The van der Waals surface area contributed by atoms with Gasteiger partial charge in [0.25, 0.3) is 5.56 Å². The number of hydrogen-bond acceptors (Lipinski definition) is 6. The lowest BCUT2D eigenvalue weighted by Crippen LogP contribution is -2.29. The second kappa shape index (κ2) is 6.43. The van der Waals surface area contributed by atoms with Gasteiger partial charge in [-0.1, -0.05) is 0 Å². The summed E-state index contributed by atoms with van der Waals surface area (Å²) < 4.78 is 30.9. The highest BCUT2D eigenvalue weighted by Crippen LogP contribution is 2.16. The molecular weight excluding hydrogens is 372 g/mol. The average Bonchev–Trinajstić information content (AvgIpc) is 3.07. The van der Waals surface area contributed by atoms with E-state index in [-0.39, 0.29) is 22.5 Å². The molecule has 3 aromatic heterocycles. The van der Waals surface area contributed by atoms with Crippen LogP contribution in [-0.2, 0) is 36.6 Å². The molecule has 1 aliphatic rings. The molecule has 142 valence electrons. The molecule has 27 heavy (non-hydrogen) atoms. The predicted molar refractivity (Wildman–Crippen MR) is 96.8 cm³/mol. The standard InChI is InChI=1S/C16H18N6O4S/c1-21-14-12(15(23)20-16(21)24)6-11(8-17-14)27(25,26)18-7-10-9-22-5-3-2-4-13(22)19-10/h6,8-9,18H,2-5,7H2,1H3,(H,20,23,24). The van der Waals surface area contributed by atoms with Crippen LogP contribution in [0.1, 0.15) is 24.4 Å². The van der Waals surface area contributed by atoms with Crippen LogP contribution in [0.5, 0.6) is 0 Å². The van der Waals surface area contributed by atoms with E-state index in [2.05, 4.69) is 19.7 Å². The summed E-state index contributed by atoms with van der Waals surface area (Å²) in [7, 11) is -2.45. The number of pyridine rings is 1. The Kier molecular flexibility index (Phi) is 4.19. The van der Waals surface area contributed by atoms with Crippen molar-refractivity contribution in [2.24, 2.45) is 7.05 Å². The molecule has 1 aliphatic heterocycles. The molecule has 4 heterocycles. The maximum atomic E-state index is 12.6. The van der Waals surface area contributed by atoms with E-state index < -0.39 is 21.3 Å². The Bertz CT molecular complexity index is 1230. The zero-order valence-electron chi connectivity index (χ0n) is 14.6. The minimum absolute atomic E-state index is 0.0254. The molecule has 0 atom stereocenters. The molecule has 0 amide bonds. The van der Waals surface area contributed by atoms with Crippen molar-refractivity contribution in [1.29, 1.82) is 0 Å². The van der Waals surface area contributed by atoms with Crippen LogP contribution in [0.4, 0.5) is 0 Å². The maximum absolute atomic E-state index is 12.6. The molecule has 0 fully saturated rings. The van der Waals surface area contributed by atoms with Crippen LogP contribution in [-0.4, -0.2) is 32.5 Å². The Hall–Kier alpha value is -2.79. The van der Waals surface area contributed by atoms with Crippen molar-refractivity contribution in [3.8, 4) is 0 Å². The fraction of sp³-hybridized carbons (Fsp3) is 0.375. The Morgan fingerprint density at radius 1 is 1.30 bits per heavy atom. The third kappa shape index (κ3) is 3.19. The van der Waals surface area contributed by atoms with Gasteiger partial charge in [0.1, 0.15) is 16.4 Å². The number of H-pyrrole nitrogens is 1. The predicted octanol–water partition coefficient (Wildman–Crippen LogP) is -0.367. The van der Waals surface area contributed by atoms with E-state index in [1.165, 1.54) is 13.1 Å². The van der Waals surface area contributed by atoms with E-state index in [4.69, 9.17) is 0 Å². The van der Waals surface area contributed by atoms with Crippen molar-refractivity contribution >= 4 is 21.1 Å². The number of aromatic amines is 1. The van der Waals surface area contributed by atoms with Gasteiger partial charge in [-0.25, -0.2) is 27.9 Å². The van der Waals surface area contributed by atoms with Gasteiger partial charge in [-0.3, -0.25) is 14.3 Å². The minimum atomic E-state index is -3.89. The van der Waals surface area contributed by atoms with E-state index in [0.29, 0.717) is 5.69 Å². The number of imidazole rings is 1. The molecule has 0 saturated heterocycles. The first kappa shape index (κ1) is 17.6. The van der Waals surface area contributed by atoms with Crippen LogP contribution in [0.25, 0.3) is 11.0 Å². The molecule has 3 aromatic rings. The van der Waals surface area contributed by atoms with Crippen molar-refractivity contribution in [1.82, 2.24) is 28.8 Å². The number of aromatic nitrogens is 5. The lowest BCUT2D eigenvalue weighted by atomic mass is 10.2. The van der Waals surface area contributed by atoms with Gasteiger partial charge in [0.15, 0.2) is 0 Å². The Morgan fingerprint density at radius 2 is 2.11 bits per heavy atom. The molecule has 2 N–H and O–H groups in total. The number of rotatable bonds is 4. The zero-order chi connectivity index (χ0) is 19.2. The quantitative estimate of drug-likeness (QED) is 0.625. The molecule has 0 unspecified atom stereocenters. The molecule has 0 radical (unpaired) electrons. The third-order valence-electron chi connectivity index (χ3n) is 4.64. The van der Waals surface area contributed by atoms with E-state index in [1.54, 1.807) is 0 Å². The summed E-state index contributed by atoms with van der Waals surface area (Å²) in [4.78, 5) is 34.0. The summed E-state index contributed by atoms with van der Waals surface area (Å²) in [6.07, 6.45) is 6.05. The number of aryl methyl sites for hydroxylation is 3. The van der Waals surface area contributed by atoms with Gasteiger partial charge in [-0.2, -0.15) is 0 Å². The number of nitrogens with one attached hydrogen (secondary N) is 2. The van der Waals surface area contributed by atoms with Gasteiger partial charge in [0.2, 0.25) is 10.0 Å². The summed E-state index contributed by atoms with van der Waals surface area (Å²) in [6.45, 7) is 0.940. The second-order valence-electron chi connectivity index (χ2n) is 6.48. The highest BCUT2D eigenvalue weighted by molar-refractivity contribution is 7.89. The molecule has 0 saturated carbocycles. The van der Waals surface area contributed by atoms with Crippen molar-refractivity contribution in [3.05, 3.63) is 50.8 Å². The van der Waals surface area contributed by atoms with Crippen molar-refractivity contribution < 1.29 is 8.42 Å². The van der Waals surface area contributed by atoms with E-state index in [0.717, 1.165) is 42.4 Å². The van der Waals surface area contributed by atoms with Crippen LogP contribution in [0.2, 0.25) is 0 Å². The highest BCUT2D eigenvalue weighted by atomic mass is 32.2. The van der Waals surface area contributed by atoms with Crippen LogP contribution >= 0.6 is 0 Å². The van der Waals surface area contributed by atoms with Crippen LogP contribution in [0.3, 0.4) is 0 Å². The molecule has 0 aliphatic carbocycles. The van der Waals surface area contributed by atoms with Gasteiger partial charge in [-0.15, -0.1) is 0 Å². The number of sulfonamides is 1. The molecule has 0 spiro atoms. The summed E-state index contributed by atoms with van der Waals surface area (Å²) in [6, 6.07) is 1.21. The third-order valence-corrected chi connectivity index (χ3v) is 6.01. The molecule has 11 heteroatoms. The summed E-state index contributed by atoms with van der Waals surface area (Å²) in [5.41, 5.74) is -0.536. The highest BCUT2D eigenvalue weighted by Gasteiger charge is 2.19. The maximum Gasteiger partial charge on any atom is 0.329 e. The average molecular weight is 390 g/mol. The first-order chi connectivity index (χ1) is 12.8. The first-order valence-electron chi connectivity index (χ1n) is 8.49.